The number of alkyl halides is 1. The molecule has 2 aromatic heterocycles. The second kappa shape index (κ2) is 10.4. The second-order valence-corrected chi connectivity index (χ2v) is 10.2. The quantitative estimate of drug-likeness (QED) is 0.224. The van der Waals surface area contributed by atoms with Gasteiger partial charge in [-0.05, 0) is 55.0 Å². The third-order valence-corrected chi connectivity index (χ3v) is 8.25. The molecule has 0 saturated carbocycles. The van der Waals surface area contributed by atoms with E-state index in [9.17, 15) is 19.5 Å². The summed E-state index contributed by atoms with van der Waals surface area (Å²) in [5.74, 6) is -0.709. The van der Waals surface area contributed by atoms with E-state index < -0.39 is 23.3 Å². The minimum absolute atomic E-state index is 0.233. The Labute approximate surface area is 217 Å². The zero-order valence-corrected chi connectivity index (χ0v) is 22.4. The number of aromatic nitrogens is 3. The van der Waals surface area contributed by atoms with Gasteiger partial charge in [0, 0.05) is 28.6 Å². The van der Waals surface area contributed by atoms with E-state index in [-0.39, 0.29) is 13.0 Å². The van der Waals surface area contributed by atoms with Gasteiger partial charge >= 0.3 is 11.7 Å². The lowest BCUT2D eigenvalue weighted by atomic mass is 10.0. The van der Waals surface area contributed by atoms with Crippen molar-refractivity contribution < 1.29 is 9.90 Å². The first-order valence-corrected chi connectivity index (χ1v) is 13.3. The number of nitrogens with zero attached hydrogens (tertiary/aromatic N) is 3. The van der Waals surface area contributed by atoms with Crippen molar-refractivity contribution >= 4 is 50.4 Å². The number of hydrogen-bond donors (Lipinski definition) is 1. The Kier molecular flexibility index (Phi) is 7.49. The predicted molar refractivity (Wildman–Crippen MR) is 148 cm³/mol. The molecule has 2 aromatic carbocycles. The van der Waals surface area contributed by atoms with Crippen LogP contribution < -0.4 is 11.2 Å². The molecule has 7 nitrogen and oxygen atoms in total. The van der Waals surface area contributed by atoms with E-state index in [1.54, 1.807) is 28.8 Å². The van der Waals surface area contributed by atoms with E-state index in [0.717, 1.165) is 37.4 Å². The fourth-order valence-electron chi connectivity index (χ4n) is 4.89. The van der Waals surface area contributed by atoms with Gasteiger partial charge in [-0.25, -0.2) is 14.2 Å². The summed E-state index contributed by atoms with van der Waals surface area (Å²) in [6.07, 6.45) is 3.70. The topological polar surface area (TPSA) is 86.2 Å². The number of carboxylic acids is 1. The lowest BCUT2D eigenvalue weighted by Crippen LogP contribution is -2.44. The highest BCUT2D eigenvalue weighted by atomic mass is 127. The fourth-order valence-corrected chi connectivity index (χ4v) is 5.33. The highest BCUT2D eigenvalue weighted by Crippen LogP contribution is 2.26. The number of fused-ring (bicyclic) bond motifs is 2. The molecule has 2 heterocycles. The molecule has 0 radical (unpaired) electrons. The molecule has 8 heteroatoms. The van der Waals surface area contributed by atoms with E-state index in [0.29, 0.717) is 23.2 Å². The van der Waals surface area contributed by atoms with E-state index in [1.165, 1.54) is 0 Å². The van der Waals surface area contributed by atoms with Crippen LogP contribution in [0, 0.1) is 12.8 Å². The van der Waals surface area contributed by atoms with Gasteiger partial charge in [-0.3, -0.25) is 9.36 Å². The maximum Gasteiger partial charge on any atom is 0.332 e. The zero-order valence-electron chi connectivity index (χ0n) is 20.2. The lowest BCUT2D eigenvalue weighted by molar-refractivity contribution is -0.141. The van der Waals surface area contributed by atoms with Crippen LogP contribution in [0.2, 0.25) is 0 Å². The van der Waals surface area contributed by atoms with Crippen molar-refractivity contribution in [1.82, 2.24) is 13.7 Å². The van der Waals surface area contributed by atoms with Crippen LogP contribution in [-0.4, -0.2) is 29.2 Å². The summed E-state index contributed by atoms with van der Waals surface area (Å²) in [6, 6.07) is 11.8. The van der Waals surface area contributed by atoms with Crippen LogP contribution in [0.5, 0.6) is 0 Å². The number of halogens is 1. The molecule has 0 spiro atoms. The largest absolute Gasteiger partial charge is 0.480 e. The average molecular weight is 587 g/mol. The van der Waals surface area contributed by atoms with Crippen LogP contribution in [0.25, 0.3) is 21.8 Å². The van der Waals surface area contributed by atoms with E-state index in [4.69, 9.17) is 0 Å². The standard InChI is InChI=1S/C27H30IN3O4/c1-17(14-28)8-6-13-23(26(33)34)31-25(32)20-10-4-5-11-21(20)30(27(31)35)16-19-15-29(3)22-12-7-9-18(2)24(19)22/h4-5,7,9-12,15,17,23H,6,8,13-14,16H2,1-3H3,(H,33,34)/t17?,23-/m0/s1. The molecule has 4 rings (SSSR count). The number of para-hydroxylation sites is 1. The van der Waals surface area contributed by atoms with E-state index >= 15 is 0 Å². The van der Waals surface area contributed by atoms with Gasteiger partial charge in [0.1, 0.15) is 6.04 Å². The van der Waals surface area contributed by atoms with Crippen molar-refractivity contribution in [1.29, 1.82) is 0 Å². The molecule has 184 valence electrons. The van der Waals surface area contributed by atoms with Crippen LogP contribution in [0.15, 0.2) is 58.3 Å². The smallest absolute Gasteiger partial charge is 0.332 e. The Morgan fingerprint density at radius 2 is 1.77 bits per heavy atom. The summed E-state index contributed by atoms with van der Waals surface area (Å²) >= 11 is 2.31. The summed E-state index contributed by atoms with van der Waals surface area (Å²) < 4.78 is 5.50. The van der Waals surface area contributed by atoms with Crippen LogP contribution >= 0.6 is 22.6 Å². The van der Waals surface area contributed by atoms with Gasteiger partial charge in [-0.15, -0.1) is 0 Å². The molecule has 2 atom stereocenters. The molecule has 1 N–H and O–H groups in total. The van der Waals surface area contributed by atoms with Gasteiger partial charge in [0.25, 0.3) is 5.56 Å². The summed E-state index contributed by atoms with van der Waals surface area (Å²) in [4.78, 5) is 39.5. The van der Waals surface area contributed by atoms with Crippen molar-refractivity contribution in [2.75, 3.05) is 4.43 Å². The van der Waals surface area contributed by atoms with Crippen molar-refractivity contribution in [2.24, 2.45) is 13.0 Å². The Morgan fingerprint density at radius 3 is 2.49 bits per heavy atom. The highest BCUT2D eigenvalue weighted by molar-refractivity contribution is 14.1. The molecule has 0 bridgehead atoms. The summed E-state index contributed by atoms with van der Waals surface area (Å²) in [6.45, 7) is 4.38. The predicted octanol–water partition coefficient (Wildman–Crippen LogP) is 4.88. The molecule has 0 aliphatic carbocycles. The molecule has 0 aliphatic rings. The lowest BCUT2D eigenvalue weighted by Gasteiger charge is -2.19. The molecule has 4 aromatic rings. The summed E-state index contributed by atoms with van der Waals surface area (Å²) in [5, 5.41) is 11.4. The number of carbonyl (C=O) groups is 1. The van der Waals surface area contributed by atoms with Gasteiger partial charge < -0.3 is 9.67 Å². The number of aryl methyl sites for hydroxylation is 2. The maximum atomic E-state index is 13.8. The van der Waals surface area contributed by atoms with E-state index in [1.807, 2.05) is 42.9 Å². The fraction of sp³-hybridized carbons (Fsp3) is 0.370. The third-order valence-electron chi connectivity index (χ3n) is 6.75. The van der Waals surface area contributed by atoms with Crippen molar-refractivity contribution in [2.45, 2.75) is 45.7 Å². The Hall–Kier alpha value is -2.88. The zero-order chi connectivity index (χ0) is 25.3. The molecule has 35 heavy (non-hydrogen) atoms. The SMILES string of the molecule is Cc1cccc2c1c(Cn1c(=O)n([C@@H](CCCC(C)CI)C(=O)O)c(=O)c3ccccc31)cn2C. The first-order valence-electron chi connectivity index (χ1n) is 11.8. The molecule has 0 amide bonds. The normalized spacial score (nSPS) is 13.4. The number of benzene rings is 2. The number of hydrogen-bond acceptors (Lipinski definition) is 3. The van der Waals surface area contributed by atoms with Crippen LogP contribution in [0.3, 0.4) is 0 Å². The third kappa shape index (κ3) is 4.80. The summed E-state index contributed by atoms with van der Waals surface area (Å²) in [5.41, 5.74) is 2.46. The number of rotatable bonds is 9. The Morgan fingerprint density at radius 1 is 1.06 bits per heavy atom. The van der Waals surface area contributed by atoms with Crippen LogP contribution in [0.1, 0.15) is 43.4 Å². The van der Waals surface area contributed by atoms with Gasteiger partial charge in [-0.2, -0.15) is 0 Å². The first kappa shape index (κ1) is 25.2. The van der Waals surface area contributed by atoms with Gasteiger partial charge in [0.15, 0.2) is 0 Å². The van der Waals surface area contributed by atoms with Crippen LogP contribution in [0.4, 0.5) is 0 Å². The van der Waals surface area contributed by atoms with Crippen LogP contribution in [-0.2, 0) is 18.4 Å². The van der Waals surface area contributed by atoms with Gasteiger partial charge in [0.05, 0.1) is 17.4 Å². The molecule has 0 aliphatic heterocycles. The van der Waals surface area contributed by atoms with Gasteiger partial charge in [-0.1, -0.05) is 60.2 Å². The van der Waals surface area contributed by atoms with Crippen molar-refractivity contribution in [3.05, 3.63) is 80.6 Å². The van der Waals surface area contributed by atoms with Crippen molar-refractivity contribution in [3.8, 4) is 0 Å². The molecule has 1 unspecified atom stereocenters. The number of carboxylic acid groups (broad SMARTS) is 1. The molecular formula is C27H30IN3O4. The highest BCUT2D eigenvalue weighted by Gasteiger charge is 2.26. The second-order valence-electron chi connectivity index (χ2n) is 9.34. The minimum Gasteiger partial charge on any atom is -0.480 e. The monoisotopic (exact) mass is 587 g/mol. The molecule has 0 fully saturated rings. The molecular weight excluding hydrogens is 557 g/mol. The Bertz CT molecular complexity index is 1510. The van der Waals surface area contributed by atoms with Gasteiger partial charge in [0.2, 0.25) is 0 Å². The van der Waals surface area contributed by atoms with E-state index in [2.05, 4.69) is 29.5 Å². The number of aliphatic carboxylic acids is 1. The minimum atomic E-state index is -1.21. The van der Waals surface area contributed by atoms with Crippen molar-refractivity contribution in [3.63, 3.8) is 0 Å². The Balaban J connectivity index is 1.89. The maximum absolute atomic E-state index is 13.8. The summed E-state index contributed by atoms with van der Waals surface area (Å²) in [7, 11) is 1.96. The molecule has 0 saturated heterocycles. The average Bonchev–Trinajstić information content (AvgIpc) is 3.16. The first-order chi connectivity index (χ1) is 16.7.